The molecule has 3 heteroatoms. The van der Waals surface area contributed by atoms with Crippen molar-refractivity contribution < 1.29 is 14.3 Å². The van der Waals surface area contributed by atoms with Gasteiger partial charge in [0.1, 0.15) is 6.10 Å². The summed E-state index contributed by atoms with van der Waals surface area (Å²) in [5.41, 5.74) is 0. The average Bonchev–Trinajstić information content (AvgIpc) is 2.32. The van der Waals surface area contributed by atoms with E-state index < -0.39 is 6.16 Å². The molecular weight excluding hydrogens is 228 g/mol. The summed E-state index contributed by atoms with van der Waals surface area (Å²) in [6.07, 6.45) is 4.89. The van der Waals surface area contributed by atoms with Crippen LogP contribution in [-0.4, -0.2) is 18.9 Å². The van der Waals surface area contributed by atoms with Crippen molar-refractivity contribution in [3.63, 3.8) is 0 Å². The zero-order valence-electron chi connectivity index (χ0n) is 12.3. The Morgan fingerprint density at radius 3 is 2.67 bits per heavy atom. The molecule has 106 valence electrons. The maximum absolute atomic E-state index is 11.6. The van der Waals surface area contributed by atoms with Gasteiger partial charge in [-0.25, -0.2) is 4.79 Å². The summed E-state index contributed by atoms with van der Waals surface area (Å²) < 4.78 is 10.5. The molecule has 1 aliphatic rings. The topological polar surface area (TPSA) is 35.5 Å². The fraction of sp³-hybridized carbons (Fsp3) is 0.933. The van der Waals surface area contributed by atoms with Gasteiger partial charge in [0.15, 0.2) is 0 Å². The van der Waals surface area contributed by atoms with Crippen molar-refractivity contribution in [2.75, 3.05) is 6.61 Å². The molecule has 1 rings (SSSR count). The molecule has 0 aromatic carbocycles. The first-order chi connectivity index (χ1) is 8.54. The Kier molecular flexibility index (Phi) is 6.51. The van der Waals surface area contributed by atoms with Crippen molar-refractivity contribution in [3.8, 4) is 0 Å². The largest absolute Gasteiger partial charge is 0.508 e. The zero-order chi connectivity index (χ0) is 13.5. The van der Waals surface area contributed by atoms with Crippen molar-refractivity contribution in [2.24, 2.45) is 17.8 Å². The van der Waals surface area contributed by atoms with Crippen LogP contribution >= 0.6 is 0 Å². The molecule has 0 radical (unpaired) electrons. The third-order valence-electron chi connectivity index (χ3n) is 4.07. The number of carbonyl (C=O) groups is 1. The lowest BCUT2D eigenvalue weighted by Gasteiger charge is -2.35. The Morgan fingerprint density at radius 2 is 2.06 bits per heavy atom. The third kappa shape index (κ3) is 4.87. The van der Waals surface area contributed by atoms with Crippen LogP contribution in [-0.2, 0) is 9.47 Å². The van der Waals surface area contributed by atoms with Crippen molar-refractivity contribution in [3.05, 3.63) is 0 Å². The van der Waals surface area contributed by atoms with E-state index >= 15 is 0 Å². The SMILES string of the molecule is CCCCOC(=O)OC1CC(C(C)C)CCC1C. The molecule has 0 aromatic rings. The summed E-state index contributed by atoms with van der Waals surface area (Å²) in [4.78, 5) is 11.6. The van der Waals surface area contributed by atoms with E-state index in [-0.39, 0.29) is 6.10 Å². The predicted octanol–water partition coefficient (Wildman–Crippen LogP) is 4.40. The molecule has 3 atom stereocenters. The number of hydrogen-bond donors (Lipinski definition) is 0. The second-order valence-corrected chi connectivity index (χ2v) is 5.90. The molecule has 0 aliphatic heterocycles. The molecule has 0 saturated heterocycles. The van der Waals surface area contributed by atoms with E-state index in [0.717, 1.165) is 25.7 Å². The zero-order valence-corrected chi connectivity index (χ0v) is 12.3. The summed E-state index contributed by atoms with van der Waals surface area (Å²) in [7, 11) is 0. The average molecular weight is 256 g/mol. The van der Waals surface area contributed by atoms with Crippen LogP contribution in [0.2, 0.25) is 0 Å². The number of carbonyl (C=O) groups excluding carboxylic acids is 1. The van der Waals surface area contributed by atoms with Crippen LogP contribution in [0.15, 0.2) is 0 Å². The van der Waals surface area contributed by atoms with Crippen molar-refractivity contribution in [1.29, 1.82) is 0 Å². The molecule has 1 fully saturated rings. The highest BCUT2D eigenvalue weighted by Crippen LogP contribution is 2.35. The Labute approximate surface area is 111 Å². The van der Waals surface area contributed by atoms with Crippen LogP contribution in [0.1, 0.15) is 59.8 Å². The molecule has 3 unspecified atom stereocenters. The predicted molar refractivity (Wildman–Crippen MR) is 72.5 cm³/mol. The first-order valence-corrected chi connectivity index (χ1v) is 7.38. The lowest BCUT2D eigenvalue weighted by Crippen LogP contribution is -2.34. The monoisotopic (exact) mass is 256 g/mol. The fourth-order valence-electron chi connectivity index (χ4n) is 2.54. The highest BCUT2D eigenvalue weighted by molar-refractivity contribution is 5.60. The van der Waals surface area contributed by atoms with Gasteiger partial charge in [0.05, 0.1) is 6.61 Å². The minimum Gasteiger partial charge on any atom is -0.434 e. The Morgan fingerprint density at radius 1 is 1.33 bits per heavy atom. The quantitative estimate of drug-likeness (QED) is 0.540. The number of ether oxygens (including phenoxy) is 2. The molecular formula is C15H28O3. The van der Waals surface area contributed by atoms with Crippen LogP contribution in [0.5, 0.6) is 0 Å². The smallest absolute Gasteiger partial charge is 0.434 e. The summed E-state index contributed by atoms with van der Waals surface area (Å²) in [6, 6.07) is 0. The van der Waals surface area contributed by atoms with Gasteiger partial charge < -0.3 is 9.47 Å². The molecule has 0 bridgehead atoms. The Balaban J connectivity index is 2.36. The third-order valence-corrected chi connectivity index (χ3v) is 4.07. The van der Waals surface area contributed by atoms with Crippen LogP contribution < -0.4 is 0 Å². The summed E-state index contributed by atoms with van der Waals surface area (Å²) in [5, 5.41) is 0. The van der Waals surface area contributed by atoms with Crippen LogP contribution in [0.3, 0.4) is 0 Å². The van der Waals surface area contributed by atoms with Crippen molar-refractivity contribution >= 4 is 6.16 Å². The van der Waals surface area contributed by atoms with Crippen LogP contribution in [0.25, 0.3) is 0 Å². The highest BCUT2D eigenvalue weighted by Gasteiger charge is 2.32. The van der Waals surface area contributed by atoms with Gasteiger partial charge in [-0.15, -0.1) is 0 Å². The minimum atomic E-state index is -0.482. The van der Waals surface area contributed by atoms with Gasteiger partial charge in [-0.05, 0) is 43.4 Å². The maximum Gasteiger partial charge on any atom is 0.508 e. The lowest BCUT2D eigenvalue weighted by atomic mass is 9.76. The summed E-state index contributed by atoms with van der Waals surface area (Å²) >= 11 is 0. The molecule has 1 aliphatic carbocycles. The molecule has 0 heterocycles. The van der Waals surface area contributed by atoms with Gasteiger partial charge >= 0.3 is 6.16 Å². The van der Waals surface area contributed by atoms with Gasteiger partial charge in [0, 0.05) is 0 Å². The van der Waals surface area contributed by atoms with E-state index in [4.69, 9.17) is 9.47 Å². The number of rotatable bonds is 5. The molecule has 18 heavy (non-hydrogen) atoms. The van der Waals surface area contributed by atoms with Crippen molar-refractivity contribution in [2.45, 2.75) is 65.9 Å². The summed E-state index contributed by atoms with van der Waals surface area (Å²) in [6.45, 7) is 9.21. The molecule has 0 spiro atoms. The van der Waals surface area contributed by atoms with Gasteiger partial charge in [-0.1, -0.05) is 34.1 Å². The molecule has 0 N–H and O–H groups in total. The van der Waals surface area contributed by atoms with E-state index in [0.29, 0.717) is 24.4 Å². The Bertz CT molecular complexity index is 250. The first kappa shape index (κ1) is 15.3. The van der Waals surface area contributed by atoms with E-state index in [1.165, 1.54) is 6.42 Å². The van der Waals surface area contributed by atoms with E-state index in [9.17, 15) is 4.79 Å². The molecule has 0 amide bonds. The second kappa shape index (κ2) is 7.65. The maximum atomic E-state index is 11.6. The first-order valence-electron chi connectivity index (χ1n) is 7.38. The Hall–Kier alpha value is -0.730. The van der Waals surface area contributed by atoms with Gasteiger partial charge in [0.2, 0.25) is 0 Å². The lowest BCUT2D eigenvalue weighted by molar-refractivity contribution is -0.0238. The normalized spacial score (nSPS) is 28.2. The van der Waals surface area contributed by atoms with Gasteiger partial charge in [0.25, 0.3) is 0 Å². The summed E-state index contributed by atoms with van der Waals surface area (Å²) in [5.74, 6) is 1.80. The van der Waals surface area contributed by atoms with Gasteiger partial charge in [-0.3, -0.25) is 0 Å². The molecule has 0 aromatic heterocycles. The fourth-order valence-corrected chi connectivity index (χ4v) is 2.54. The van der Waals surface area contributed by atoms with E-state index in [1.54, 1.807) is 0 Å². The van der Waals surface area contributed by atoms with Crippen LogP contribution in [0.4, 0.5) is 4.79 Å². The van der Waals surface area contributed by atoms with Gasteiger partial charge in [-0.2, -0.15) is 0 Å². The standard InChI is InChI=1S/C15H28O3/c1-5-6-9-17-15(16)18-14-10-13(11(2)3)8-7-12(14)4/h11-14H,5-10H2,1-4H3. The molecule has 3 nitrogen and oxygen atoms in total. The van der Waals surface area contributed by atoms with Crippen molar-refractivity contribution in [1.82, 2.24) is 0 Å². The van der Waals surface area contributed by atoms with Crippen LogP contribution in [0, 0.1) is 17.8 Å². The van der Waals surface area contributed by atoms with E-state index in [1.807, 2.05) is 0 Å². The number of unbranched alkanes of at least 4 members (excludes halogenated alkanes) is 1. The highest BCUT2D eigenvalue weighted by atomic mass is 16.7. The van der Waals surface area contributed by atoms with E-state index in [2.05, 4.69) is 27.7 Å². The number of hydrogen-bond acceptors (Lipinski definition) is 3. The minimum absolute atomic E-state index is 0.0419. The molecule has 1 saturated carbocycles. The second-order valence-electron chi connectivity index (χ2n) is 5.90.